The fourth-order valence-electron chi connectivity index (χ4n) is 1.93. The molecule has 0 aliphatic carbocycles. The first-order chi connectivity index (χ1) is 8.24. The molecule has 18 heavy (non-hydrogen) atoms. The van der Waals surface area contributed by atoms with E-state index in [1.54, 1.807) is 0 Å². The number of benzene rings is 1. The van der Waals surface area contributed by atoms with E-state index in [2.05, 4.69) is 22.6 Å². The summed E-state index contributed by atoms with van der Waals surface area (Å²) < 4.78 is 13.1. The molecular formula is C13H19BINO2. The molecule has 1 aliphatic heterocycles. The van der Waals surface area contributed by atoms with Gasteiger partial charge in [-0.2, -0.15) is 0 Å². The summed E-state index contributed by atoms with van der Waals surface area (Å²) in [5.74, 6) is -0.265. The minimum absolute atomic E-state index is 0.265. The van der Waals surface area contributed by atoms with Crippen molar-refractivity contribution in [1.82, 2.24) is 0 Å². The highest BCUT2D eigenvalue weighted by molar-refractivity contribution is 14.1. The molecule has 2 N–H and O–H groups in total. The van der Waals surface area contributed by atoms with E-state index < -0.39 is 7.12 Å². The van der Waals surface area contributed by atoms with E-state index in [4.69, 9.17) is 15.0 Å². The predicted octanol–water partition coefficient (Wildman–Crippen LogP) is 2.92. The molecule has 1 aromatic carbocycles. The van der Waals surface area contributed by atoms with Crippen LogP contribution in [0.1, 0.15) is 39.2 Å². The Morgan fingerprint density at radius 3 is 2.11 bits per heavy atom. The van der Waals surface area contributed by atoms with Crippen LogP contribution in [0, 0.1) is 3.57 Å². The summed E-state index contributed by atoms with van der Waals surface area (Å²) in [5.41, 5.74) is 6.68. The van der Waals surface area contributed by atoms with E-state index in [0.29, 0.717) is 0 Å². The number of hydrogen-bond acceptors (Lipinski definition) is 3. The van der Waals surface area contributed by atoms with Crippen molar-refractivity contribution in [2.24, 2.45) is 5.73 Å². The summed E-state index contributed by atoms with van der Waals surface area (Å²) in [6.45, 7) is 8.15. The SMILES string of the molecule is CC1(C)OB([C@@H](N)c2ccccc2I)OC1(C)C. The first-order valence-corrected chi connectivity index (χ1v) is 7.18. The van der Waals surface area contributed by atoms with Gasteiger partial charge in [0.15, 0.2) is 0 Å². The molecule has 0 bridgehead atoms. The molecule has 98 valence electrons. The number of rotatable bonds is 2. The van der Waals surface area contributed by atoms with Gasteiger partial charge in [-0.25, -0.2) is 0 Å². The molecule has 1 saturated heterocycles. The van der Waals surface area contributed by atoms with Crippen molar-refractivity contribution in [3.63, 3.8) is 0 Å². The van der Waals surface area contributed by atoms with Gasteiger partial charge in [0.2, 0.25) is 0 Å². The third-order valence-electron chi connectivity index (χ3n) is 3.83. The second-order valence-corrected chi connectivity index (χ2v) is 6.83. The summed E-state index contributed by atoms with van der Waals surface area (Å²) in [5, 5.41) is 0. The Hall–Kier alpha value is -0.105. The number of hydrogen-bond donors (Lipinski definition) is 1. The first-order valence-electron chi connectivity index (χ1n) is 6.10. The van der Waals surface area contributed by atoms with Crippen molar-refractivity contribution >= 4 is 29.7 Å². The van der Waals surface area contributed by atoms with Gasteiger partial charge in [0.25, 0.3) is 0 Å². The van der Waals surface area contributed by atoms with Crippen molar-refractivity contribution in [1.29, 1.82) is 0 Å². The van der Waals surface area contributed by atoms with Gasteiger partial charge < -0.3 is 15.0 Å². The lowest BCUT2D eigenvalue weighted by Gasteiger charge is -2.32. The van der Waals surface area contributed by atoms with Gasteiger partial charge in [-0.05, 0) is 61.9 Å². The van der Waals surface area contributed by atoms with Crippen LogP contribution >= 0.6 is 22.6 Å². The fourth-order valence-corrected chi connectivity index (χ4v) is 2.67. The molecule has 0 radical (unpaired) electrons. The molecule has 1 aromatic rings. The lowest BCUT2D eigenvalue weighted by Crippen LogP contribution is -2.41. The van der Waals surface area contributed by atoms with Crippen LogP contribution < -0.4 is 5.73 Å². The van der Waals surface area contributed by atoms with Crippen LogP contribution in [0.25, 0.3) is 0 Å². The molecule has 0 amide bonds. The zero-order chi connectivity index (χ0) is 13.6. The quantitative estimate of drug-likeness (QED) is 0.653. The Kier molecular flexibility index (Phi) is 3.80. The van der Waals surface area contributed by atoms with Crippen molar-refractivity contribution < 1.29 is 9.31 Å². The molecular weight excluding hydrogens is 340 g/mol. The van der Waals surface area contributed by atoms with Gasteiger partial charge in [0.05, 0.1) is 17.1 Å². The van der Waals surface area contributed by atoms with Crippen LogP contribution in [0.5, 0.6) is 0 Å². The standard InChI is InChI=1S/C13H19BINO2/c1-12(2)13(3,4)18-14(17-12)11(16)9-7-5-6-8-10(9)15/h5-8,11H,16H2,1-4H3/t11-/m0/s1. The molecule has 1 heterocycles. The van der Waals surface area contributed by atoms with E-state index in [1.165, 1.54) is 0 Å². The highest BCUT2D eigenvalue weighted by Gasteiger charge is 2.53. The molecule has 2 rings (SSSR count). The largest absolute Gasteiger partial charge is 0.480 e. The molecule has 1 fully saturated rings. The Bertz CT molecular complexity index is 434. The molecule has 1 atom stereocenters. The average molecular weight is 359 g/mol. The number of halogens is 1. The van der Waals surface area contributed by atoms with E-state index in [0.717, 1.165) is 9.13 Å². The maximum Gasteiger partial charge on any atom is 0.480 e. The first kappa shape index (κ1) is 14.3. The second kappa shape index (κ2) is 4.78. The minimum atomic E-state index is -0.397. The smallest absolute Gasteiger partial charge is 0.402 e. The molecule has 0 unspecified atom stereocenters. The Balaban J connectivity index is 2.23. The zero-order valence-corrected chi connectivity index (χ0v) is 13.4. The Morgan fingerprint density at radius 1 is 1.11 bits per heavy atom. The normalized spacial score (nSPS) is 23.1. The maximum atomic E-state index is 6.29. The highest BCUT2D eigenvalue weighted by atomic mass is 127. The Labute approximate surface area is 123 Å². The zero-order valence-electron chi connectivity index (χ0n) is 11.2. The van der Waals surface area contributed by atoms with Crippen LogP contribution in [-0.2, 0) is 9.31 Å². The lowest BCUT2D eigenvalue weighted by molar-refractivity contribution is 0.00578. The average Bonchev–Trinajstić information content (AvgIpc) is 2.48. The summed E-state index contributed by atoms with van der Waals surface area (Å²) in [7, 11) is -0.397. The molecule has 3 nitrogen and oxygen atoms in total. The van der Waals surface area contributed by atoms with Crippen LogP contribution in [0.3, 0.4) is 0 Å². The van der Waals surface area contributed by atoms with Gasteiger partial charge in [0.1, 0.15) is 0 Å². The number of nitrogens with two attached hydrogens (primary N) is 1. The van der Waals surface area contributed by atoms with Crippen molar-refractivity contribution in [3.8, 4) is 0 Å². The molecule has 1 aliphatic rings. The monoisotopic (exact) mass is 359 g/mol. The third-order valence-corrected chi connectivity index (χ3v) is 4.81. The maximum absolute atomic E-state index is 6.29. The third kappa shape index (κ3) is 2.46. The second-order valence-electron chi connectivity index (χ2n) is 5.67. The molecule has 0 aromatic heterocycles. The lowest BCUT2D eigenvalue weighted by atomic mass is 9.75. The molecule has 0 saturated carbocycles. The van der Waals surface area contributed by atoms with Gasteiger partial charge in [-0.3, -0.25) is 0 Å². The molecule has 0 spiro atoms. The van der Waals surface area contributed by atoms with E-state index in [1.807, 2.05) is 52.0 Å². The van der Waals surface area contributed by atoms with Crippen LogP contribution in [0.15, 0.2) is 24.3 Å². The molecule has 5 heteroatoms. The van der Waals surface area contributed by atoms with Gasteiger partial charge >= 0.3 is 7.12 Å². The van der Waals surface area contributed by atoms with E-state index in [9.17, 15) is 0 Å². The summed E-state index contributed by atoms with van der Waals surface area (Å²) in [6.07, 6.45) is 0. The van der Waals surface area contributed by atoms with Crippen LogP contribution in [-0.4, -0.2) is 18.3 Å². The summed E-state index contributed by atoms with van der Waals surface area (Å²) in [4.78, 5) is 0. The van der Waals surface area contributed by atoms with Crippen molar-refractivity contribution in [3.05, 3.63) is 33.4 Å². The summed E-state index contributed by atoms with van der Waals surface area (Å²) >= 11 is 2.29. The van der Waals surface area contributed by atoms with Gasteiger partial charge in [0, 0.05) is 3.57 Å². The van der Waals surface area contributed by atoms with Crippen molar-refractivity contribution in [2.45, 2.75) is 44.8 Å². The van der Waals surface area contributed by atoms with Gasteiger partial charge in [-0.15, -0.1) is 0 Å². The fraction of sp³-hybridized carbons (Fsp3) is 0.538. The topological polar surface area (TPSA) is 44.5 Å². The predicted molar refractivity (Wildman–Crippen MR) is 82.2 cm³/mol. The Morgan fingerprint density at radius 2 is 1.61 bits per heavy atom. The minimum Gasteiger partial charge on any atom is -0.402 e. The van der Waals surface area contributed by atoms with Crippen LogP contribution in [0.4, 0.5) is 0 Å². The van der Waals surface area contributed by atoms with Crippen LogP contribution in [0.2, 0.25) is 0 Å². The van der Waals surface area contributed by atoms with Gasteiger partial charge in [-0.1, -0.05) is 18.2 Å². The van der Waals surface area contributed by atoms with E-state index in [-0.39, 0.29) is 17.1 Å². The van der Waals surface area contributed by atoms with E-state index >= 15 is 0 Å². The summed E-state index contributed by atoms with van der Waals surface area (Å²) in [6, 6.07) is 8.06. The van der Waals surface area contributed by atoms with Crippen molar-refractivity contribution in [2.75, 3.05) is 0 Å². The highest BCUT2D eigenvalue weighted by Crippen LogP contribution is 2.39.